The van der Waals surface area contributed by atoms with Gasteiger partial charge in [0.25, 0.3) is 5.91 Å². The molecule has 0 radical (unpaired) electrons. The number of likely N-dealkylation sites (tertiary alicyclic amines) is 1. The van der Waals surface area contributed by atoms with Crippen LogP contribution in [0.5, 0.6) is 0 Å². The van der Waals surface area contributed by atoms with Crippen molar-refractivity contribution < 1.29 is 14.7 Å². The highest BCUT2D eigenvalue weighted by Crippen LogP contribution is 2.28. The molecule has 2 aliphatic heterocycles. The fourth-order valence-electron chi connectivity index (χ4n) is 4.27. The van der Waals surface area contributed by atoms with E-state index in [4.69, 9.17) is 0 Å². The van der Waals surface area contributed by atoms with Crippen LogP contribution in [0, 0.1) is 5.92 Å². The summed E-state index contributed by atoms with van der Waals surface area (Å²) in [6, 6.07) is 0. The van der Waals surface area contributed by atoms with Gasteiger partial charge < -0.3 is 19.8 Å². The molecule has 0 spiro atoms. The summed E-state index contributed by atoms with van der Waals surface area (Å²) in [5.41, 5.74) is -1.21. The first-order valence-electron chi connectivity index (χ1n) is 9.49. The molecule has 0 atom stereocenters. The molecule has 3 aliphatic rings. The second-order valence-corrected chi connectivity index (χ2v) is 7.79. The Labute approximate surface area is 144 Å². The van der Waals surface area contributed by atoms with Gasteiger partial charge in [-0.3, -0.25) is 9.59 Å². The van der Waals surface area contributed by atoms with Gasteiger partial charge in [-0.2, -0.15) is 0 Å². The minimum Gasteiger partial charge on any atom is -0.380 e. The number of rotatable bonds is 2. The Kier molecular flexibility index (Phi) is 5.45. The maximum Gasteiger partial charge on any atom is 0.254 e. The Bertz CT molecular complexity index is 468. The molecule has 3 rings (SSSR count). The Morgan fingerprint density at radius 2 is 1.46 bits per heavy atom. The molecule has 1 aliphatic carbocycles. The quantitative estimate of drug-likeness (QED) is 0.805. The average Bonchev–Trinajstić information content (AvgIpc) is 3.01. The number of amides is 2. The van der Waals surface area contributed by atoms with E-state index >= 15 is 0 Å². The predicted molar refractivity (Wildman–Crippen MR) is 91.4 cm³/mol. The summed E-state index contributed by atoms with van der Waals surface area (Å²) in [4.78, 5) is 31.3. The van der Waals surface area contributed by atoms with Crippen LogP contribution in [0.25, 0.3) is 0 Å². The lowest BCUT2D eigenvalue weighted by Crippen LogP contribution is -2.55. The monoisotopic (exact) mass is 337 g/mol. The third-order valence-corrected chi connectivity index (χ3v) is 6.01. The van der Waals surface area contributed by atoms with Crippen LogP contribution in [-0.4, -0.2) is 83.5 Å². The lowest BCUT2D eigenvalue weighted by molar-refractivity contribution is -0.156. The number of carbonyl (C=O) groups is 2. The molecule has 1 saturated carbocycles. The van der Waals surface area contributed by atoms with E-state index in [1.165, 1.54) is 0 Å². The van der Waals surface area contributed by atoms with E-state index in [1.807, 2.05) is 11.9 Å². The Balaban J connectivity index is 1.56. The molecule has 2 saturated heterocycles. The molecule has 24 heavy (non-hydrogen) atoms. The highest BCUT2D eigenvalue weighted by Gasteiger charge is 2.41. The van der Waals surface area contributed by atoms with Crippen molar-refractivity contribution in [3.8, 4) is 0 Å². The SMILES string of the molecule is CN1CCC(O)(C(=O)N2CCCN(C(=O)C3CCCC3)CC2)CC1. The number of hydrogen-bond donors (Lipinski definition) is 1. The van der Waals surface area contributed by atoms with Crippen LogP contribution in [0.4, 0.5) is 0 Å². The standard InChI is InChI=1S/C18H31N3O3/c1-19-11-7-18(24,8-12-19)17(23)21-10-4-9-20(13-14-21)16(22)15-5-2-3-6-15/h15,24H,2-14H2,1H3. The van der Waals surface area contributed by atoms with E-state index in [0.29, 0.717) is 32.5 Å². The van der Waals surface area contributed by atoms with Crippen molar-refractivity contribution in [1.29, 1.82) is 0 Å². The van der Waals surface area contributed by atoms with Crippen molar-refractivity contribution >= 4 is 11.8 Å². The lowest BCUT2D eigenvalue weighted by atomic mass is 9.90. The van der Waals surface area contributed by atoms with Gasteiger partial charge >= 0.3 is 0 Å². The van der Waals surface area contributed by atoms with Crippen molar-refractivity contribution in [1.82, 2.24) is 14.7 Å². The minimum atomic E-state index is -1.21. The lowest BCUT2D eigenvalue weighted by Gasteiger charge is -2.38. The number of nitrogens with zero attached hydrogens (tertiary/aromatic N) is 3. The van der Waals surface area contributed by atoms with Gasteiger partial charge in [-0.05, 0) is 39.2 Å². The minimum absolute atomic E-state index is 0.134. The highest BCUT2D eigenvalue weighted by atomic mass is 16.3. The van der Waals surface area contributed by atoms with Crippen LogP contribution in [0.3, 0.4) is 0 Å². The van der Waals surface area contributed by atoms with Gasteiger partial charge in [-0.1, -0.05) is 12.8 Å². The van der Waals surface area contributed by atoms with Crippen molar-refractivity contribution in [3.63, 3.8) is 0 Å². The molecule has 2 heterocycles. The largest absolute Gasteiger partial charge is 0.380 e. The molecule has 0 aromatic carbocycles. The van der Waals surface area contributed by atoms with Crippen LogP contribution >= 0.6 is 0 Å². The molecule has 6 heteroatoms. The highest BCUT2D eigenvalue weighted by molar-refractivity contribution is 5.85. The second kappa shape index (κ2) is 7.40. The number of aliphatic hydroxyl groups is 1. The second-order valence-electron chi connectivity index (χ2n) is 7.79. The molecule has 2 amide bonds. The summed E-state index contributed by atoms with van der Waals surface area (Å²) in [5.74, 6) is 0.343. The van der Waals surface area contributed by atoms with Gasteiger partial charge in [0, 0.05) is 45.2 Å². The summed E-state index contributed by atoms with van der Waals surface area (Å²) in [6.07, 6.45) is 6.18. The van der Waals surface area contributed by atoms with Crippen LogP contribution in [0.1, 0.15) is 44.9 Å². The normalized spacial score (nSPS) is 26.4. The van der Waals surface area contributed by atoms with Crippen LogP contribution in [0.2, 0.25) is 0 Å². The summed E-state index contributed by atoms with van der Waals surface area (Å²) < 4.78 is 0. The molecule has 136 valence electrons. The van der Waals surface area contributed by atoms with Crippen molar-refractivity contribution in [2.45, 2.75) is 50.5 Å². The van der Waals surface area contributed by atoms with Crippen LogP contribution in [0.15, 0.2) is 0 Å². The zero-order valence-corrected chi connectivity index (χ0v) is 14.9. The molecule has 0 aromatic rings. The molecule has 0 bridgehead atoms. The fraction of sp³-hybridized carbons (Fsp3) is 0.889. The van der Waals surface area contributed by atoms with Gasteiger partial charge in [0.1, 0.15) is 5.60 Å². The van der Waals surface area contributed by atoms with Crippen LogP contribution in [-0.2, 0) is 9.59 Å². The summed E-state index contributed by atoms with van der Waals surface area (Å²) in [5, 5.41) is 10.8. The fourth-order valence-corrected chi connectivity index (χ4v) is 4.27. The zero-order chi connectivity index (χ0) is 17.2. The third-order valence-electron chi connectivity index (χ3n) is 6.01. The van der Waals surface area contributed by atoms with Gasteiger partial charge in [0.2, 0.25) is 5.91 Å². The summed E-state index contributed by atoms with van der Waals surface area (Å²) in [6.45, 7) is 4.04. The van der Waals surface area contributed by atoms with Gasteiger partial charge in [0.05, 0.1) is 0 Å². The van der Waals surface area contributed by atoms with Gasteiger partial charge in [-0.15, -0.1) is 0 Å². The number of piperidine rings is 1. The van der Waals surface area contributed by atoms with Crippen molar-refractivity contribution in [3.05, 3.63) is 0 Å². The van der Waals surface area contributed by atoms with Gasteiger partial charge in [0.15, 0.2) is 0 Å². The van der Waals surface area contributed by atoms with E-state index in [1.54, 1.807) is 4.90 Å². The number of hydrogen-bond acceptors (Lipinski definition) is 4. The smallest absolute Gasteiger partial charge is 0.254 e. The summed E-state index contributed by atoms with van der Waals surface area (Å²) >= 11 is 0. The van der Waals surface area contributed by atoms with E-state index in [-0.39, 0.29) is 17.7 Å². The molecule has 0 aromatic heterocycles. The van der Waals surface area contributed by atoms with E-state index in [2.05, 4.69) is 4.90 Å². The molecular formula is C18H31N3O3. The Morgan fingerprint density at radius 3 is 2.12 bits per heavy atom. The summed E-state index contributed by atoms with van der Waals surface area (Å²) in [7, 11) is 2.02. The molecule has 1 N–H and O–H groups in total. The Morgan fingerprint density at radius 1 is 0.875 bits per heavy atom. The van der Waals surface area contributed by atoms with E-state index in [0.717, 1.165) is 51.7 Å². The molecule has 6 nitrogen and oxygen atoms in total. The first-order chi connectivity index (χ1) is 11.5. The van der Waals surface area contributed by atoms with E-state index in [9.17, 15) is 14.7 Å². The van der Waals surface area contributed by atoms with Crippen molar-refractivity contribution in [2.75, 3.05) is 46.3 Å². The average molecular weight is 337 g/mol. The molecular weight excluding hydrogens is 306 g/mol. The first-order valence-corrected chi connectivity index (χ1v) is 9.49. The third kappa shape index (κ3) is 3.75. The first kappa shape index (κ1) is 17.7. The molecule has 0 unspecified atom stereocenters. The van der Waals surface area contributed by atoms with Crippen LogP contribution < -0.4 is 0 Å². The van der Waals surface area contributed by atoms with E-state index < -0.39 is 5.60 Å². The maximum absolute atomic E-state index is 12.8. The Hall–Kier alpha value is -1.14. The zero-order valence-electron chi connectivity index (χ0n) is 14.9. The van der Waals surface area contributed by atoms with Gasteiger partial charge in [-0.25, -0.2) is 0 Å². The molecule has 3 fully saturated rings. The van der Waals surface area contributed by atoms with Crippen molar-refractivity contribution in [2.24, 2.45) is 5.92 Å². The predicted octanol–water partition coefficient (Wildman–Crippen LogP) is 0.694. The maximum atomic E-state index is 12.8. The number of carbonyl (C=O) groups excluding carboxylic acids is 2. The topological polar surface area (TPSA) is 64.1 Å².